The first-order chi connectivity index (χ1) is 9.43. The third-order valence-corrected chi connectivity index (χ3v) is 3.06. The molecule has 1 aliphatic rings. The highest BCUT2D eigenvalue weighted by Crippen LogP contribution is 2.39. The van der Waals surface area contributed by atoms with Crippen molar-refractivity contribution in [3.8, 4) is 11.5 Å². The number of guanidine groups is 1. The van der Waals surface area contributed by atoms with Gasteiger partial charge in [-0.3, -0.25) is 0 Å². The molecule has 5 nitrogen and oxygen atoms in total. The number of hydrogen-bond acceptors (Lipinski definition) is 3. The van der Waals surface area contributed by atoms with Gasteiger partial charge in [-0.2, -0.15) is 0 Å². The monoisotopic (exact) mass is 285 g/mol. The number of aliphatic imine (C=N–C) groups is 1. The van der Waals surface area contributed by atoms with Crippen molar-refractivity contribution >= 4 is 11.6 Å². The van der Waals surface area contributed by atoms with Crippen LogP contribution in [0.1, 0.15) is 12.8 Å². The van der Waals surface area contributed by atoms with Crippen LogP contribution in [0.4, 0.5) is 14.5 Å². The average molecular weight is 285 g/mol. The van der Waals surface area contributed by atoms with Gasteiger partial charge in [-0.1, -0.05) is 0 Å². The molecule has 0 saturated heterocycles. The molecule has 0 bridgehead atoms. The number of nitrogens with two attached hydrogens (primary N) is 1. The van der Waals surface area contributed by atoms with E-state index in [1.54, 1.807) is 25.3 Å². The molecule has 0 amide bonds. The topological polar surface area (TPSA) is 68.9 Å². The quantitative estimate of drug-likeness (QED) is 0.657. The molecule has 3 N–H and O–H groups in total. The fourth-order valence-corrected chi connectivity index (χ4v) is 2.00. The lowest BCUT2D eigenvalue weighted by molar-refractivity contribution is -0.0834. The molecule has 1 aromatic rings. The lowest BCUT2D eigenvalue weighted by Crippen LogP contribution is -2.40. The summed E-state index contributed by atoms with van der Waals surface area (Å²) in [6, 6.07) is 4.71. The van der Waals surface area contributed by atoms with E-state index < -0.39 is 12.0 Å². The van der Waals surface area contributed by atoms with Gasteiger partial charge in [0.25, 0.3) is 5.92 Å². The van der Waals surface area contributed by atoms with Crippen LogP contribution in [-0.4, -0.2) is 32.1 Å². The van der Waals surface area contributed by atoms with Crippen LogP contribution >= 0.6 is 0 Å². The molecule has 0 spiro atoms. The number of benzene rings is 1. The number of halogens is 2. The van der Waals surface area contributed by atoms with Crippen LogP contribution in [0.2, 0.25) is 0 Å². The number of anilines is 1. The van der Waals surface area contributed by atoms with Gasteiger partial charge in [0.05, 0.1) is 25.9 Å². The summed E-state index contributed by atoms with van der Waals surface area (Å²) in [5, 5.41) is 2.84. The first kappa shape index (κ1) is 14.4. The zero-order chi connectivity index (χ0) is 14.8. The Bertz CT molecular complexity index is 512. The third-order valence-electron chi connectivity index (χ3n) is 3.06. The minimum atomic E-state index is -2.61. The zero-order valence-corrected chi connectivity index (χ0v) is 11.3. The molecule has 2 rings (SSSR count). The second-order valence-electron chi connectivity index (χ2n) is 4.62. The summed E-state index contributed by atoms with van der Waals surface area (Å²) in [7, 11) is 3.06. The molecule has 0 aromatic heterocycles. The fraction of sp³-hybridized carbons (Fsp3) is 0.462. The van der Waals surface area contributed by atoms with Crippen molar-refractivity contribution in [2.24, 2.45) is 10.7 Å². The lowest BCUT2D eigenvalue weighted by atomic mass is 9.89. The summed E-state index contributed by atoms with van der Waals surface area (Å²) in [6.07, 6.45) is -0.519. The molecule has 1 aromatic carbocycles. The summed E-state index contributed by atoms with van der Waals surface area (Å²) in [5.74, 6) is -1.35. The highest BCUT2D eigenvalue weighted by Gasteiger charge is 2.45. The molecule has 0 unspecified atom stereocenters. The summed E-state index contributed by atoms with van der Waals surface area (Å²) in [5.41, 5.74) is 6.29. The maximum absolute atomic E-state index is 12.7. The van der Waals surface area contributed by atoms with E-state index in [1.165, 1.54) is 7.11 Å². The Labute approximate surface area is 115 Å². The molecular formula is C13H17F2N3O2. The number of alkyl halides is 2. The predicted molar refractivity (Wildman–Crippen MR) is 72.8 cm³/mol. The van der Waals surface area contributed by atoms with Gasteiger partial charge in [-0.25, -0.2) is 13.8 Å². The van der Waals surface area contributed by atoms with E-state index in [2.05, 4.69) is 10.3 Å². The van der Waals surface area contributed by atoms with E-state index in [0.717, 1.165) is 0 Å². The van der Waals surface area contributed by atoms with Crippen molar-refractivity contribution in [3.05, 3.63) is 18.2 Å². The van der Waals surface area contributed by atoms with Crippen molar-refractivity contribution in [2.45, 2.75) is 24.8 Å². The van der Waals surface area contributed by atoms with Gasteiger partial charge in [0.15, 0.2) is 5.96 Å². The molecule has 7 heteroatoms. The third kappa shape index (κ3) is 3.28. The zero-order valence-electron chi connectivity index (χ0n) is 11.3. The summed E-state index contributed by atoms with van der Waals surface area (Å²) < 4.78 is 35.7. The molecule has 110 valence electrons. The van der Waals surface area contributed by atoms with Crippen molar-refractivity contribution in [2.75, 3.05) is 19.5 Å². The van der Waals surface area contributed by atoms with Gasteiger partial charge in [0.1, 0.15) is 11.5 Å². The average Bonchev–Trinajstić information content (AvgIpc) is 2.36. The summed E-state index contributed by atoms with van der Waals surface area (Å²) in [6.45, 7) is 0. The van der Waals surface area contributed by atoms with E-state index in [1.807, 2.05) is 0 Å². The minimum Gasteiger partial charge on any atom is -0.497 e. The first-order valence-corrected chi connectivity index (χ1v) is 6.13. The SMILES string of the molecule is COc1ccc(OC)c(NC(N)=NC2CC(F)(F)C2)c1. The van der Waals surface area contributed by atoms with Crippen LogP contribution in [-0.2, 0) is 0 Å². The maximum Gasteiger partial charge on any atom is 0.252 e. The van der Waals surface area contributed by atoms with E-state index in [-0.39, 0.29) is 18.8 Å². The Morgan fingerprint density at radius 3 is 2.60 bits per heavy atom. The van der Waals surface area contributed by atoms with Gasteiger partial charge < -0.3 is 20.5 Å². The molecule has 0 heterocycles. The largest absolute Gasteiger partial charge is 0.497 e. The van der Waals surface area contributed by atoms with Gasteiger partial charge in [-0.05, 0) is 12.1 Å². The number of methoxy groups -OCH3 is 2. The van der Waals surface area contributed by atoms with E-state index in [9.17, 15) is 8.78 Å². The minimum absolute atomic E-state index is 0.0806. The van der Waals surface area contributed by atoms with Crippen molar-refractivity contribution in [3.63, 3.8) is 0 Å². The normalized spacial score (nSPS) is 18.3. The predicted octanol–water partition coefficient (Wildman–Crippen LogP) is 2.23. The molecule has 1 aliphatic carbocycles. The Hall–Kier alpha value is -2.05. The van der Waals surface area contributed by atoms with Crippen molar-refractivity contribution in [1.29, 1.82) is 0 Å². The van der Waals surface area contributed by atoms with Gasteiger partial charge in [-0.15, -0.1) is 0 Å². The van der Waals surface area contributed by atoms with Gasteiger partial charge in [0, 0.05) is 18.9 Å². The Morgan fingerprint density at radius 1 is 1.35 bits per heavy atom. The van der Waals surface area contributed by atoms with Crippen LogP contribution < -0.4 is 20.5 Å². The summed E-state index contributed by atoms with van der Waals surface area (Å²) in [4.78, 5) is 4.01. The van der Waals surface area contributed by atoms with Crippen LogP contribution in [0.3, 0.4) is 0 Å². The fourth-order valence-electron chi connectivity index (χ4n) is 2.00. The molecular weight excluding hydrogens is 268 g/mol. The molecule has 20 heavy (non-hydrogen) atoms. The molecule has 1 fully saturated rings. The number of ether oxygens (including phenoxy) is 2. The number of nitrogens with one attached hydrogen (secondary N) is 1. The van der Waals surface area contributed by atoms with Crippen molar-refractivity contribution < 1.29 is 18.3 Å². The second-order valence-corrected chi connectivity index (χ2v) is 4.62. The van der Waals surface area contributed by atoms with Crippen molar-refractivity contribution in [1.82, 2.24) is 0 Å². The van der Waals surface area contributed by atoms with Gasteiger partial charge >= 0.3 is 0 Å². The van der Waals surface area contributed by atoms with Crippen LogP contribution in [0.25, 0.3) is 0 Å². The standard InChI is InChI=1S/C13H17F2N3O2/c1-19-9-3-4-11(20-2)10(5-9)18-12(16)17-8-6-13(14,15)7-8/h3-5,8H,6-7H2,1-2H3,(H3,16,17,18). The number of hydrogen-bond donors (Lipinski definition) is 2. The smallest absolute Gasteiger partial charge is 0.252 e. The van der Waals surface area contributed by atoms with Gasteiger partial charge in [0.2, 0.25) is 0 Å². The lowest BCUT2D eigenvalue weighted by Gasteiger charge is -2.32. The van der Waals surface area contributed by atoms with Crippen LogP contribution in [0.5, 0.6) is 11.5 Å². The van der Waals surface area contributed by atoms with E-state index in [4.69, 9.17) is 15.2 Å². The molecule has 1 saturated carbocycles. The molecule has 0 radical (unpaired) electrons. The van der Waals surface area contributed by atoms with Crippen LogP contribution in [0, 0.1) is 0 Å². The highest BCUT2D eigenvalue weighted by molar-refractivity contribution is 5.94. The molecule has 0 aliphatic heterocycles. The molecule has 0 atom stereocenters. The summed E-state index contributed by atoms with van der Waals surface area (Å²) >= 11 is 0. The maximum atomic E-state index is 12.7. The number of rotatable bonds is 4. The Morgan fingerprint density at radius 2 is 2.05 bits per heavy atom. The van der Waals surface area contributed by atoms with Crippen LogP contribution in [0.15, 0.2) is 23.2 Å². The number of nitrogens with zero attached hydrogens (tertiary/aromatic N) is 1. The second kappa shape index (κ2) is 5.52. The Kier molecular flexibility index (Phi) is 3.96. The van der Waals surface area contributed by atoms with E-state index in [0.29, 0.717) is 17.2 Å². The Balaban J connectivity index is 2.07. The highest BCUT2D eigenvalue weighted by atomic mass is 19.3. The first-order valence-electron chi connectivity index (χ1n) is 6.13. The van der Waals surface area contributed by atoms with E-state index >= 15 is 0 Å².